The molecule has 0 spiro atoms. The molecule has 7 nitrogen and oxygen atoms in total. The maximum absolute atomic E-state index is 12.7. The first kappa shape index (κ1) is 20.3. The molecule has 1 aliphatic rings. The van der Waals surface area contributed by atoms with Crippen LogP contribution in [0.3, 0.4) is 0 Å². The molecule has 1 heterocycles. The number of hydrogen-bond acceptors (Lipinski definition) is 6. The van der Waals surface area contributed by atoms with Gasteiger partial charge < -0.3 is 10.3 Å². The second kappa shape index (κ2) is 7.54. The van der Waals surface area contributed by atoms with E-state index in [1.807, 2.05) is 19.1 Å². The number of rotatable bonds is 5. The molecule has 0 amide bonds. The van der Waals surface area contributed by atoms with Crippen molar-refractivity contribution in [1.82, 2.24) is 10.1 Å². The largest absolute Gasteiger partial charge is 0.334 e. The van der Waals surface area contributed by atoms with Gasteiger partial charge in [0.1, 0.15) is 0 Å². The van der Waals surface area contributed by atoms with Crippen LogP contribution in [0.2, 0.25) is 0 Å². The topological polar surface area (TPSA) is 111 Å². The number of sulfonamides is 1. The van der Waals surface area contributed by atoms with Gasteiger partial charge in [-0.25, -0.2) is 8.42 Å². The molecule has 4 rings (SSSR count). The zero-order valence-corrected chi connectivity index (χ0v) is 16.9. The van der Waals surface area contributed by atoms with Crippen molar-refractivity contribution in [1.29, 1.82) is 0 Å². The molecular weight excluding hydrogens is 400 g/mol. The van der Waals surface area contributed by atoms with Crippen LogP contribution in [0.15, 0.2) is 57.9 Å². The van der Waals surface area contributed by atoms with Crippen LogP contribution in [0.25, 0.3) is 11.5 Å². The van der Waals surface area contributed by atoms with E-state index >= 15 is 0 Å². The Morgan fingerprint density at radius 2 is 1.86 bits per heavy atom. The second-order valence-electron chi connectivity index (χ2n) is 6.93. The highest BCUT2D eigenvalue weighted by Gasteiger charge is 2.39. The van der Waals surface area contributed by atoms with E-state index in [9.17, 15) is 8.42 Å². The van der Waals surface area contributed by atoms with Gasteiger partial charge >= 0.3 is 0 Å². The predicted molar refractivity (Wildman–Crippen MR) is 109 cm³/mol. The smallest absolute Gasteiger partial charge is 0.261 e. The number of nitrogens with one attached hydrogen (secondary N) is 1. The molecule has 28 heavy (non-hydrogen) atoms. The number of nitrogens with zero attached hydrogens (tertiary/aromatic N) is 2. The fourth-order valence-corrected chi connectivity index (χ4v) is 4.06. The normalized spacial score (nSPS) is 15.4. The van der Waals surface area contributed by atoms with E-state index in [0.717, 1.165) is 24.8 Å². The van der Waals surface area contributed by atoms with Crippen molar-refractivity contribution in [3.8, 4) is 11.5 Å². The third-order valence-electron chi connectivity index (χ3n) is 4.81. The van der Waals surface area contributed by atoms with Crippen molar-refractivity contribution in [2.24, 2.45) is 5.73 Å². The van der Waals surface area contributed by atoms with Crippen LogP contribution < -0.4 is 10.5 Å². The van der Waals surface area contributed by atoms with Crippen LogP contribution in [0.1, 0.15) is 30.7 Å². The molecule has 0 saturated heterocycles. The lowest BCUT2D eigenvalue weighted by molar-refractivity contribution is 0.229. The minimum atomic E-state index is -3.74. The standard InChI is InChI=1S/C19H20N4O3S.ClH/c1-13-6-8-15(9-7-13)23-27(24,25)16-5-2-4-14(12-16)17-21-18(22-26-17)19(20)10-3-11-19;/h2,4-9,12,23H,3,10-11,20H2,1H3;1H. The summed E-state index contributed by atoms with van der Waals surface area (Å²) < 4.78 is 33.3. The summed E-state index contributed by atoms with van der Waals surface area (Å²) in [7, 11) is -3.74. The summed E-state index contributed by atoms with van der Waals surface area (Å²) in [4.78, 5) is 4.49. The summed E-state index contributed by atoms with van der Waals surface area (Å²) in [6.07, 6.45) is 2.68. The molecule has 1 aromatic heterocycles. The number of benzene rings is 2. The molecule has 148 valence electrons. The summed E-state index contributed by atoms with van der Waals surface area (Å²) in [6, 6.07) is 13.5. The zero-order chi connectivity index (χ0) is 19.1. The molecule has 3 N–H and O–H groups in total. The third kappa shape index (κ3) is 3.89. The Hall–Kier alpha value is -2.42. The van der Waals surface area contributed by atoms with E-state index in [2.05, 4.69) is 14.9 Å². The average molecular weight is 421 g/mol. The lowest BCUT2D eigenvalue weighted by Crippen LogP contribution is -2.44. The number of aromatic nitrogens is 2. The molecule has 0 aliphatic heterocycles. The Balaban J connectivity index is 0.00000225. The predicted octanol–water partition coefficient (Wildman–Crippen LogP) is 3.61. The summed E-state index contributed by atoms with van der Waals surface area (Å²) in [6.45, 7) is 1.94. The number of nitrogens with two attached hydrogens (primary N) is 1. The zero-order valence-electron chi connectivity index (χ0n) is 15.3. The van der Waals surface area contributed by atoms with Gasteiger partial charge in [-0.3, -0.25) is 4.72 Å². The highest BCUT2D eigenvalue weighted by atomic mass is 35.5. The van der Waals surface area contributed by atoms with E-state index in [-0.39, 0.29) is 23.2 Å². The average Bonchev–Trinajstić information content (AvgIpc) is 3.12. The fraction of sp³-hybridized carbons (Fsp3) is 0.263. The van der Waals surface area contributed by atoms with Gasteiger partial charge in [0.15, 0.2) is 5.82 Å². The van der Waals surface area contributed by atoms with Gasteiger partial charge in [0.05, 0.1) is 10.4 Å². The van der Waals surface area contributed by atoms with Gasteiger partial charge in [-0.05, 0) is 56.5 Å². The Bertz CT molecular complexity index is 1080. The summed E-state index contributed by atoms with van der Waals surface area (Å²) in [5.41, 5.74) is 7.78. The molecule has 0 atom stereocenters. The van der Waals surface area contributed by atoms with E-state index in [4.69, 9.17) is 10.3 Å². The maximum Gasteiger partial charge on any atom is 0.261 e. The fourth-order valence-electron chi connectivity index (χ4n) is 2.96. The van der Waals surface area contributed by atoms with Gasteiger partial charge in [-0.2, -0.15) is 4.98 Å². The first-order chi connectivity index (χ1) is 12.9. The molecule has 1 aliphatic carbocycles. The molecule has 0 unspecified atom stereocenters. The second-order valence-corrected chi connectivity index (χ2v) is 8.61. The molecule has 1 saturated carbocycles. The third-order valence-corrected chi connectivity index (χ3v) is 6.19. The van der Waals surface area contributed by atoms with Gasteiger partial charge in [-0.1, -0.05) is 28.9 Å². The molecular formula is C19H21ClN4O3S. The number of hydrogen-bond donors (Lipinski definition) is 2. The van der Waals surface area contributed by atoms with E-state index in [0.29, 0.717) is 17.1 Å². The lowest BCUT2D eigenvalue weighted by atomic mass is 9.77. The SMILES string of the molecule is Cc1ccc(NS(=O)(=O)c2cccc(-c3nc(C4(N)CCC4)no3)c2)cc1.Cl. The monoisotopic (exact) mass is 420 g/mol. The van der Waals surface area contributed by atoms with Crippen LogP contribution >= 0.6 is 12.4 Å². The van der Waals surface area contributed by atoms with E-state index < -0.39 is 15.6 Å². The molecule has 0 radical (unpaired) electrons. The van der Waals surface area contributed by atoms with Crippen LogP contribution in [-0.4, -0.2) is 18.6 Å². The van der Waals surface area contributed by atoms with Crippen molar-refractivity contribution < 1.29 is 12.9 Å². The highest BCUT2D eigenvalue weighted by molar-refractivity contribution is 7.92. The molecule has 3 aromatic rings. The van der Waals surface area contributed by atoms with Crippen LogP contribution in [-0.2, 0) is 15.6 Å². The molecule has 9 heteroatoms. The Morgan fingerprint density at radius 1 is 1.14 bits per heavy atom. The van der Waals surface area contributed by atoms with Crippen molar-refractivity contribution in [2.45, 2.75) is 36.6 Å². The van der Waals surface area contributed by atoms with Gasteiger partial charge in [0.25, 0.3) is 15.9 Å². The first-order valence-electron chi connectivity index (χ1n) is 8.69. The Labute approximate surface area is 169 Å². The molecule has 0 bridgehead atoms. The van der Waals surface area contributed by atoms with Gasteiger partial charge in [-0.15, -0.1) is 12.4 Å². The number of anilines is 1. The summed E-state index contributed by atoms with van der Waals surface area (Å²) in [5.74, 6) is 0.726. The Kier molecular flexibility index (Phi) is 5.47. The Morgan fingerprint density at radius 3 is 2.50 bits per heavy atom. The summed E-state index contributed by atoms with van der Waals surface area (Å²) in [5, 5.41) is 3.98. The number of halogens is 1. The first-order valence-corrected chi connectivity index (χ1v) is 10.2. The van der Waals surface area contributed by atoms with Crippen LogP contribution in [0.4, 0.5) is 5.69 Å². The summed E-state index contributed by atoms with van der Waals surface area (Å²) >= 11 is 0. The van der Waals surface area contributed by atoms with Crippen LogP contribution in [0, 0.1) is 6.92 Å². The van der Waals surface area contributed by atoms with Crippen molar-refractivity contribution in [3.63, 3.8) is 0 Å². The minimum absolute atomic E-state index is 0. The maximum atomic E-state index is 12.7. The molecule has 1 fully saturated rings. The lowest BCUT2D eigenvalue weighted by Gasteiger charge is -2.34. The van der Waals surface area contributed by atoms with Gasteiger partial charge in [0, 0.05) is 11.3 Å². The van der Waals surface area contributed by atoms with Crippen molar-refractivity contribution in [2.75, 3.05) is 4.72 Å². The number of aryl methyl sites for hydroxylation is 1. The molecule has 2 aromatic carbocycles. The quantitative estimate of drug-likeness (QED) is 0.652. The van der Waals surface area contributed by atoms with Crippen LogP contribution in [0.5, 0.6) is 0 Å². The van der Waals surface area contributed by atoms with Gasteiger partial charge in [0.2, 0.25) is 0 Å². The van der Waals surface area contributed by atoms with Crippen molar-refractivity contribution >= 4 is 28.1 Å². The van der Waals surface area contributed by atoms with Crippen molar-refractivity contribution in [3.05, 3.63) is 59.9 Å². The minimum Gasteiger partial charge on any atom is -0.334 e. The highest BCUT2D eigenvalue weighted by Crippen LogP contribution is 2.37. The van der Waals surface area contributed by atoms with E-state index in [1.54, 1.807) is 24.3 Å². The van der Waals surface area contributed by atoms with E-state index in [1.165, 1.54) is 12.1 Å².